The molecule has 0 saturated heterocycles. The number of hydrogen-bond acceptors (Lipinski definition) is 3. The lowest BCUT2D eigenvalue weighted by molar-refractivity contribution is -0.116. The highest BCUT2D eigenvalue weighted by Gasteiger charge is 2.07. The monoisotopic (exact) mass is 331 g/mol. The Bertz CT molecular complexity index is 850. The first-order chi connectivity index (χ1) is 10.6. The van der Waals surface area contributed by atoms with Gasteiger partial charge in [-0.1, -0.05) is 17.7 Å². The first kappa shape index (κ1) is 14.8. The van der Waals surface area contributed by atoms with E-state index in [1.807, 2.05) is 47.2 Å². The number of nitrogens with one attached hydrogen (secondary N) is 1. The molecule has 0 aliphatic carbocycles. The van der Waals surface area contributed by atoms with Crippen LogP contribution in [-0.4, -0.2) is 15.3 Å². The number of hydrogen-bond donors (Lipinski definition) is 1. The van der Waals surface area contributed by atoms with Gasteiger partial charge in [-0.15, -0.1) is 11.3 Å². The van der Waals surface area contributed by atoms with E-state index in [1.165, 1.54) is 11.6 Å². The quantitative estimate of drug-likeness (QED) is 0.741. The number of nitrogens with zero attached hydrogens (tertiary/aromatic N) is 2. The van der Waals surface area contributed by atoms with Crippen molar-refractivity contribution in [1.82, 2.24) is 14.7 Å². The number of fused-ring (bicyclic) bond motifs is 1. The third kappa shape index (κ3) is 3.05. The van der Waals surface area contributed by atoms with E-state index in [9.17, 15) is 4.79 Å². The van der Waals surface area contributed by atoms with Gasteiger partial charge in [0.15, 0.2) is 5.15 Å². The highest BCUT2D eigenvalue weighted by atomic mass is 35.5. The number of imidazole rings is 1. The van der Waals surface area contributed by atoms with E-state index in [0.717, 1.165) is 10.5 Å². The van der Waals surface area contributed by atoms with Crippen molar-refractivity contribution in [3.63, 3.8) is 0 Å². The van der Waals surface area contributed by atoms with Crippen molar-refractivity contribution in [3.8, 4) is 0 Å². The Morgan fingerprint density at radius 1 is 1.45 bits per heavy atom. The first-order valence-electron chi connectivity index (χ1n) is 6.76. The van der Waals surface area contributed by atoms with E-state index in [2.05, 4.69) is 10.3 Å². The number of thiophene rings is 1. The van der Waals surface area contributed by atoms with Gasteiger partial charge in [0, 0.05) is 17.2 Å². The van der Waals surface area contributed by atoms with E-state index < -0.39 is 0 Å². The van der Waals surface area contributed by atoms with Crippen LogP contribution < -0.4 is 5.32 Å². The Kier molecular flexibility index (Phi) is 4.27. The van der Waals surface area contributed by atoms with Crippen molar-refractivity contribution in [2.75, 3.05) is 0 Å². The van der Waals surface area contributed by atoms with Crippen molar-refractivity contribution in [3.05, 3.63) is 63.2 Å². The molecule has 0 aliphatic heterocycles. The summed E-state index contributed by atoms with van der Waals surface area (Å²) in [5, 5.41) is 5.27. The van der Waals surface area contributed by atoms with E-state index in [-0.39, 0.29) is 5.91 Å². The molecule has 0 aliphatic rings. The minimum absolute atomic E-state index is 0.158. The summed E-state index contributed by atoms with van der Waals surface area (Å²) in [7, 11) is 0. The van der Waals surface area contributed by atoms with Crippen LogP contribution in [0, 0.1) is 6.92 Å². The largest absolute Gasteiger partial charge is 0.348 e. The van der Waals surface area contributed by atoms with Crippen molar-refractivity contribution in [2.24, 2.45) is 0 Å². The third-order valence-corrected chi connectivity index (χ3v) is 4.61. The van der Waals surface area contributed by atoms with Gasteiger partial charge in [0.1, 0.15) is 5.65 Å². The molecular weight excluding hydrogens is 318 g/mol. The lowest BCUT2D eigenvalue weighted by Gasteiger charge is -2.01. The van der Waals surface area contributed by atoms with E-state index in [1.54, 1.807) is 17.4 Å². The summed E-state index contributed by atoms with van der Waals surface area (Å²) < 4.78 is 1.84. The lowest BCUT2D eigenvalue weighted by Crippen LogP contribution is -2.20. The van der Waals surface area contributed by atoms with Gasteiger partial charge in [0.05, 0.1) is 12.2 Å². The maximum atomic E-state index is 11.9. The van der Waals surface area contributed by atoms with Crippen molar-refractivity contribution < 1.29 is 4.79 Å². The molecule has 3 aromatic heterocycles. The van der Waals surface area contributed by atoms with Gasteiger partial charge in [-0.2, -0.15) is 0 Å². The normalized spacial score (nSPS) is 11.4. The van der Waals surface area contributed by atoms with Crippen LogP contribution in [0.1, 0.15) is 16.1 Å². The second kappa shape index (κ2) is 6.34. The molecule has 1 N–H and O–H groups in total. The molecule has 3 rings (SSSR count). The molecule has 3 heterocycles. The highest BCUT2D eigenvalue weighted by molar-refractivity contribution is 7.10. The van der Waals surface area contributed by atoms with Crippen LogP contribution in [0.3, 0.4) is 0 Å². The van der Waals surface area contributed by atoms with E-state index in [0.29, 0.717) is 17.4 Å². The molecule has 112 valence electrons. The number of amides is 1. The summed E-state index contributed by atoms with van der Waals surface area (Å²) in [5.41, 5.74) is 2.64. The predicted molar refractivity (Wildman–Crippen MR) is 90.1 cm³/mol. The molecule has 0 radical (unpaired) electrons. The van der Waals surface area contributed by atoms with Crippen molar-refractivity contribution >= 4 is 40.6 Å². The molecule has 4 nitrogen and oxygen atoms in total. The van der Waals surface area contributed by atoms with E-state index >= 15 is 0 Å². The SMILES string of the molecule is Cc1ccsc1CNC(=O)/C=C/c1c(Cl)nc2ccccn12. The Balaban J connectivity index is 1.71. The summed E-state index contributed by atoms with van der Waals surface area (Å²) in [6.45, 7) is 2.57. The van der Waals surface area contributed by atoms with Gasteiger partial charge in [0.25, 0.3) is 0 Å². The Morgan fingerprint density at radius 2 is 2.32 bits per heavy atom. The standard InChI is InChI=1S/C16H14ClN3OS/c1-11-7-9-22-13(11)10-18-15(21)6-5-12-16(17)19-14-4-2-3-8-20(12)14/h2-9H,10H2,1H3,(H,18,21)/b6-5+. The summed E-state index contributed by atoms with van der Waals surface area (Å²) in [6, 6.07) is 7.69. The van der Waals surface area contributed by atoms with Crippen LogP contribution in [0.4, 0.5) is 0 Å². The van der Waals surface area contributed by atoms with Gasteiger partial charge in [-0.25, -0.2) is 4.98 Å². The average Bonchev–Trinajstić information content (AvgIpc) is 3.05. The number of aryl methyl sites for hydroxylation is 1. The molecule has 0 bridgehead atoms. The topological polar surface area (TPSA) is 46.4 Å². The van der Waals surface area contributed by atoms with Gasteiger partial charge < -0.3 is 5.32 Å². The Morgan fingerprint density at radius 3 is 3.09 bits per heavy atom. The van der Waals surface area contributed by atoms with Crippen LogP contribution in [-0.2, 0) is 11.3 Å². The smallest absolute Gasteiger partial charge is 0.244 e. The van der Waals surface area contributed by atoms with Gasteiger partial charge >= 0.3 is 0 Å². The molecule has 6 heteroatoms. The van der Waals surface area contributed by atoms with Gasteiger partial charge in [-0.3, -0.25) is 9.20 Å². The maximum absolute atomic E-state index is 11.9. The van der Waals surface area contributed by atoms with Gasteiger partial charge in [0.2, 0.25) is 5.91 Å². The maximum Gasteiger partial charge on any atom is 0.244 e. The lowest BCUT2D eigenvalue weighted by atomic mass is 10.3. The summed E-state index contributed by atoms with van der Waals surface area (Å²) >= 11 is 7.75. The predicted octanol–water partition coefficient (Wildman–Crippen LogP) is 3.69. The molecule has 0 aromatic carbocycles. The third-order valence-electron chi connectivity index (χ3n) is 3.31. The molecule has 0 spiro atoms. The number of carbonyl (C=O) groups excluding carboxylic acids is 1. The number of rotatable bonds is 4. The molecule has 3 aromatic rings. The fraction of sp³-hybridized carbons (Fsp3) is 0.125. The zero-order valence-corrected chi connectivity index (χ0v) is 13.5. The van der Waals surface area contributed by atoms with Crippen LogP contribution in [0.5, 0.6) is 0 Å². The number of pyridine rings is 1. The Hall–Kier alpha value is -2.11. The second-order valence-electron chi connectivity index (χ2n) is 4.79. The van der Waals surface area contributed by atoms with Crippen LogP contribution in [0.25, 0.3) is 11.7 Å². The molecule has 1 amide bonds. The summed E-state index contributed by atoms with van der Waals surface area (Å²) in [6.07, 6.45) is 5.02. The first-order valence-corrected chi connectivity index (χ1v) is 8.02. The fourth-order valence-electron chi connectivity index (χ4n) is 2.10. The summed E-state index contributed by atoms with van der Waals surface area (Å²) in [5.74, 6) is -0.158. The summed E-state index contributed by atoms with van der Waals surface area (Å²) in [4.78, 5) is 17.3. The minimum Gasteiger partial charge on any atom is -0.348 e. The molecule has 0 fully saturated rings. The molecule has 22 heavy (non-hydrogen) atoms. The van der Waals surface area contributed by atoms with Gasteiger partial charge in [-0.05, 0) is 42.1 Å². The zero-order chi connectivity index (χ0) is 15.5. The Labute approximate surface area is 137 Å². The van der Waals surface area contributed by atoms with Crippen LogP contribution in [0.15, 0.2) is 41.9 Å². The number of carbonyl (C=O) groups is 1. The number of halogens is 1. The fourth-order valence-corrected chi connectivity index (χ4v) is 3.19. The minimum atomic E-state index is -0.158. The average molecular weight is 332 g/mol. The molecule has 0 atom stereocenters. The highest BCUT2D eigenvalue weighted by Crippen LogP contribution is 2.19. The molecule has 0 unspecified atom stereocenters. The number of aromatic nitrogens is 2. The van der Waals surface area contributed by atoms with E-state index in [4.69, 9.17) is 11.6 Å². The molecular formula is C16H14ClN3OS. The van der Waals surface area contributed by atoms with Crippen LogP contribution in [0.2, 0.25) is 5.15 Å². The zero-order valence-electron chi connectivity index (χ0n) is 11.9. The second-order valence-corrected chi connectivity index (χ2v) is 6.15. The van der Waals surface area contributed by atoms with Crippen molar-refractivity contribution in [2.45, 2.75) is 13.5 Å². The van der Waals surface area contributed by atoms with Crippen LogP contribution >= 0.6 is 22.9 Å². The van der Waals surface area contributed by atoms with Crippen molar-refractivity contribution in [1.29, 1.82) is 0 Å². The molecule has 0 saturated carbocycles.